The zero-order chi connectivity index (χ0) is 14.7. The maximum atomic E-state index is 10.8. The van der Waals surface area contributed by atoms with E-state index in [4.69, 9.17) is 5.11 Å². The standard InChI is InChI=1S/C15H21NO4/c1-10(13-5-4-12(17)8-14(13)18)16-6-2-3-11(9-16)7-15(19)20/h4-5,8,10-11,17-18H,2-3,6-7,9H2,1H3,(H,19,20). The molecule has 110 valence electrons. The largest absolute Gasteiger partial charge is 0.508 e. The first-order valence-corrected chi connectivity index (χ1v) is 6.95. The van der Waals surface area contributed by atoms with E-state index in [0.717, 1.165) is 31.5 Å². The fourth-order valence-corrected chi connectivity index (χ4v) is 2.94. The van der Waals surface area contributed by atoms with Gasteiger partial charge in [0.1, 0.15) is 11.5 Å². The van der Waals surface area contributed by atoms with E-state index in [9.17, 15) is 15.0 Å². The lowest BCUT2D eigenvalue weighted by atomic mass is 9.92. The number of carboxylic acids is 1. The number of hydrogen-bond donors (Lipinski definition) is 3. The first kappa shape index (κ1) is 14.7. The molecule has 3 N–H and O–H groups in total. The SMILES string of the molecule is CC(c1ccc(O)cc1O)N1CCCC(CC(=O)O)C1. The quantitative estimate of drug-likeness (QED) is 0.788. The molecule has 2 rings (SSSR count). The van der Waals surface area contributed by atoms with Gasteiger partial charge in [0, 0.05) is 30.6 Å². The Balaban J connectivity index is 2.08. The van der Waals surface area contributed by atoms with Crippen LogP contribution in [0.4, 0.5) is 0 Å². The van der Waals surface area contributed by atoms with Gasteiger partial charge in [0.15, 0.2) is 0 Å². The number of piperidine rings is 1. The highest BCUT2D eigenvalue weighted by Crippen LogP contribution is 2.33. The predicted molar refractivity (Wildman–Crippen MR) is 74.7 cm³/mol. The fourth-order valence-electron chi connectivity index (χ4n) is 2.94. The number of aliphatic carboxylic acids is 1. The number of carbonyl (C=O) groups is 1. The van der Waals surface area contributed by atoms with E-state index in [2.05, 4.69) is 4.90 Å². The van der Waals surface area contributed by atoms with Crippen molar-refractivity contribution in [3.63, 3.8) is 0 Å². The molecule has 1 fully saturated rings. The Morgan fingerprint density at radius 3 is 2.85 bits per heavy atom. The van der Waals surface area contributed by atoms with Crippen LogP contribution in [-0.2, 0) is 4.79 Å². The molecule has 0 spiro atoms. The van der Waals surface area contributed by atoms with Gasteiger partial charge in [-0.25, -0.2) is 0 Å². The van der Waals surface area contributed by atoms with Crippen LogP contribution in [-0.4, -0.2) is 39.3 Å². The number of phenolic OH excluding ortho intramolecular Hbond substituents is 2. The van der Waals surface area contributed by atoms with Crippen molar-refractivity contribution in [1.29, 1.82) is 0 Å². The molecule has 20 heavy (non-hydrogen) atoms. The van der Waals surface area contributed by atoms with Crippen molar-refractivity contribution in [3.05, 3.63) is 23.8 Å². The second-order valence-electron chi connectivity index (χ2n) is 5.52. The van der Waals surface area contributed by atoms with Gasteiger partial charge in [-0.15, -0.1) is 0 Å². The van der Waals surface area contributed by atoms with Crippen LogP contribution in [0.2, 0.25) is 0 Å². The summed E-state index contributed by atoms with van der Waals surface area (Å²) >= 11 is 0. The molecule has 1 aromatic rings. The van der Waals surface area contributed by atoms with Gasteiger partial charge in [0.05, 0.1) is 0 Å². The molecular formula is C15H21NO4. The minimum atomic E-state index is -0.753. The first-order valence-electron chi connectivity index (χ1n) is 6.95. The first-order chi connectivity index (χ1) is 9.47. The van der Waals surface area contributed by atoms with Crippen LogP contribution in [0, 0.1) is 5.92 Å². The molecule has 5 heteroatoms. The lowest BCUT2D eigenvalue weighted by Gasteiger charge is -2.36. The number of aromatic hydroxyl groups is 2. The zero-order valence-electron chi connectivity index (χ0n) is 11.6. The Hall–Kier alpha value is -1.75. The van der Waals surface area contributed by atoms with Crippen LogP contribution in [0.15, 0.2) is 18.2 Å². The number of phenols is 2. The molecule has 1 aromatic carbocycles. The second-order valence-corrected chi connectivity index (χ2v) is 5.52. The maximum absolute atomic E-state index is 10.8. The van der Waals surface area contributed by atoms with E-state index in [1.54, 1.807) is 12.1 Å². The minimum Gasteiger partial charge on any atom is -0.508 e. The third-order valence-corrected chi connectivity index (χ3v) is 4.03. The van der Waals surface area contributed by atoms with Gasteiger partial charge in [-0.3, -0.25) is 9.69 Å². The third-order valence-electron chi connectivity index (χ3n) is 4.03. The number of nitrogens with zero attached hydrogens (tertiary/aromatic N) is 1. The Labute approximate surface area is 118 Å². The highest BCUT2D eigenvalue weighted by molar-refractivity contribution is 5.67. The van der Waals surface area contributed by atoms with Crippen LogP contribution < -0.4 is 0 Å². The smallest absolute Gasteiger partial charge is 0.303 e. The number of rotatable bonds is 4. The van der Waals surface area contributed by atoms with Crippen molar-refractivity contribution in [2.24, 2.45) is 5.92 Å². The van der Waals surface area contributed by atoms with Crippen LogP contribution in [0.5, 0.6) is 11.5 Å². The topological polar surface area (TPSA) is 81.0 Å². The van der Waals surface area contributed by atoms with Crippen molar-refractivity contribution in [2.45, 2.75) is 32.2 Å². The predicted octanol–water partition coefficient (Wildman–Crippen LogP) is 2.35. The Kier molecular flexibility index (Phi) is 4.49. The molecule has 1 aliphatic rings. The van der Waals surface area contributed by atoms with Crippen LogP contribution in [0.1, 0.15) is 37.8 Å². The summed E-state index contributed by atoms with van der Waals surface area (Å²) in [4.78, 5) is 13.0. The lowest BCUT2D eigenvalue weighted by Crippen LogP contribution is -2.38. The molecule has 1 saturated heterocycles. The molecule has 0 bridgehead atoms. The summed E-state index contributed by atoms with van der Waals surface area (Å²) in [7, 11) is 0. The molecule has 0 aromatic heterocycles. The van der Waals surface area contributed by atoms with Crippen LogP contribution in [0.25, 0.3) is 0 Å². The third kappa shape index (κ3) is 3.42. The van der Waals surface area contributed by atoms with Crippen LogP contribution >= 0.6 is 0 Å². The number of hydrogen-bond acceptors (Lipinski definition) is 4. The summed E-state index contributed by atoms with van der Waals surface area (Å²) in [5.41, 5.74) is 0.763. The number of benzene rings is 1. The Bertz CT molecular complexity index is 489. The average Bonchev–Trinajstić information content (AvgIpc) is 2.37. The molecule has 1 heterocycles. The average molecular weight is 279 g/mol. The monoisotopic (exact) mass is 279 g/mol. The van der Waals surface area contributed by atoms with Gasteiger partial charge in [-0.1, -0.05) is 6.07 Å². The highest BCUT2D eigenvalue weighted by atomic mass is 16.4. The fraction of sp³-hybridized carbons (Fsp3) is 0.533. The number of likely N-dealkylation sites (tertiary alicyclic amines) is 1. The molecule has 2 unspecified atom stereocenters. The van der Waals surface area contributed by atoms with Crippen molar-refractivity contribution in [3.8, 4) is 11.5 Å². The molecular weight excluding hydrogens is 258 g/mol. The van der Waals surface area contributed by atoms with Gasteiger partial charge in [-0.2, -0.15) is 0 Å². The molecule has 1 aliphatic heterocycles. The molecule has 2 atom stereocenters. The molecule has 5 nitrogen and oxygen atoms in total. The highest BCUT2D eigenvalue weighted by Gasteiger charge is 2.26. The van der Waals surface area contributed by atoms with E-state index in [0.29, 0.717) is 0 Å². The number of carboxylic acid groups (broad SMARTS) is 1. The summed E-state index contributed by atoms with van der Waals surface area (Å²) in [5, 5.41) is 28.2. The van der Waals surface area contributed by atoms with E-state index >= 15 is 0 Å². The Morgan fingerprint density at radius 2 is 2.20 bits per heavy atom. The molecule has 0 aliphatic carbocycles. The Morgan fingerprint density at radius 1 is 1.45 bits per heavy atom. The van der Waals surface area contributed by atoms with Gasteiger partial charge < -0.3 is 15.3 Å². The van der Waals surface area contributed by atoms with Gasteiger partial charge in [0.25, 0.3) is 0 Å². The minimum absolute atomic E-state index is 0.00666. The molecule has 0 saturated carbocycles. The zero-order valence-corrected chi connectivity index (χ0v) is 11.6. The van der Waals surface area contributed by atoms with E-state index in [1.807, 2.05) is 6.92 Å². The molecule has 0 radical (unpaired) electrons. The van der Waals surface area contributed by atoms with Gasteiger partial charge in [-0.05, 0) is 38.3 Å². The summed E-state index contributed by atoms with van der Waals surface area (Å²) in [6.07, 6.45) is 2.11. The van der Waals surface area contributed by atoms with Crippen molar-refractivity contribution in [1.82, 2.24) is 4.90 Å². The van der Waals surface area contributed by atoms with E-state index in [1.165, 1.54) is 6.07 Å². The second kappa shape index (κ2) is 6.13. The van der Waals surface area contributed by atoms with Crippen molar-refractivity contribution < 1.29 is 20.1 Å². The van der Waals surface area contributed by atoms with Gasteiger partial charge in [0.2, 0.25) is 0 Å². The molecule has 0 amide bonds. The van der Waals surface area contributed by atoms with E-state index in [-0.39, 0.29) is 29.9 Å². The summed E-state index contributed by atoms with van der Waals surface area (Å²) in [5.74, 6) is -0.460. The van der Waals surface area contributed by atoms with Crippen molar-refractivity contribution >= 4 is 5.97 Å². The summed E-state index contributed by atoms with van der Waals surface area (Å²) in [6, 6.07) is 4.62. The normalized spacial score (nSPS) is 21.6. The van der Waals surface area contributed by atoms with E-state index < -0.39 is 5.97 Å². The van der Waals surface area contributed by atoms with Crippen molar-refractivity contribution in [2.75, 3.05) is 13.1 Å². The van der Waals surface area contributed by atoms with Crippen LogP contribution in [0.3, 0.4) is 0 Å². The lowest BCUT2D eigenvalue weighted by molar-refractivity contribution is -0.138. The van der Waals surface area contributed by atoms with Gasteiger partial charge >= 0.3 is 5.97 Å². The summed E-state index contributed by atoms with van der Waals surface area (Å²) < 4.78 is 0. The summed E-state index contributed by atoms with van der Waals surface area (Å²) in [6.45, 7) is 3.63. The maximum Gasteiger partial charge on any atom is 0.303 e.